The van der Waals surface area contributed by atoms with Crippen LogP contribution >= 0.6 is 0 Å². The number of esters is 1. The van der Waals surface area contributed by atoms with Gasteiger partial charge < -0.3 is 14.7 Å². The van der Waals surface area contributed by atoms with Crippen LogP contribution in [0.2, 0.25) is 0 Å². The van der Waals surface area contributed by atoms with Gasteiger partial charge in [0.1, 0.15) is 5.60 Å². The highest BCUT2D eigenvalue weighted by atomic mass is 16.6. The topological polar surface area (TPSA) is 66.8 Å². The summed E-state index contributed by atoms with van der Waals surface area (Å²) in [6.45, 7) is 8.21. The summed E-state index contributed by atoms with van der Waals surface area (Å²) in [6, 6.07) is 0. The van der Waals surface area contributed by atoms with E-state index in [9.17, 15) is 9.59 Å². The summed E-state index contributed by atoms with van der Waals surface area (Å²) >= 11 is 0. The minimum Gasteiger partial charge on any atom is -0.460 e. The van der Waals surface area contributed by atoms with Crippen molar-refractivity contribution in [1.82, 2.24) is 4.90 Å². The van der Waals surface area contributed by atoms with Crippen LogP contribution in [0.4, 0.5) is 0 Å². The van der Waals surface area contributed by atoms with Gasteiger partial charge in [-0.25, -0.2) is 0 Å². The number of carbonyl (C=O) groups is 2. The van der Waals surface area contributed by atoms with Crippen LogP contribution in [0.1, 0.15) is 47.0 Å². The Morgan fingerprint density at radius 2 is 1.78 bits per heavy atom. The van der Waals surface area contributed by atoms with Gasteiger partial charge in [0.25, 0.3) is 0 Å². The van der Waals surface area contributed by atoms with Gasteiger partial charge in [0.15, 0.2) is 0 Å². The van der Waals surface area contributed by atoms with Crippen molar-refractivity contribution in [1.29, 1.82) is 0 Å². The fourth-order valence-electron chi connectivity index (χ4n) is 1.51. The summed E-state index contributed by atoms with van der Waals surface area (Å²) in [6.07, 6.45) is 1.05. The first-order valence-corrected chi connectivity index (χ1v) is 6.40. The second-order valence-corrected chi connectivity index (χ2v) is 5.19. The number of aliphatic hydroxyl groups excluding tert-OH is 1. The normalized spacial score (nSPS) is 11.2. The van der Waals surface area contributed by atoms with Crippen molar-refractivity contribution in [2.24, 2.45) is 0 Å². The highest BCUT2D eigenvalue weighted by Gasteiger charge is 2.18. The summed E-state index contributed by atoms with van der Waals surface area (Å²) in [5, 5.41) is 8.86. The van der Waals surface area contributed by atoms with Crippen LogP contribution in [0.3, 0.4) is 0 Å². The maximum Gasteiger partial charge on any atom is 0.306 e. The van der Waals surface area contributed by atoms with E-state index in [1.165, 1.54) is 0 Å². The first kappa shape index (κ1) is 16.9. The highest BCUT2D eigenvalue weighted by molar-refractivity contribution is 5.81. The number of carbonyl (C=O) groups excluding carboxylic acids is 2. The molecule has 0 aliphatic rings. The van der Waals surface area contributed by atoms with E-state index >= 15 is 0 Å². The lowest BCUT2D eigenvalue weighted by Gasteiger charge is -2.22. The average Bonchev–Trinajstić information content (AvgIpc) is 2.23. The van der Waals surface area contributed by atoms with Gasteiger partial charge in [-0.1, -0.05) is 6.92 Å². The van der Waals surface area contributed by atoms with Crippen LogP contribution in [0.15, 0.2) is 0 Å². The van der Waals surface area contributed by atoms with Crippen molar-refractivity contribution in [2.75, 3.05) is 19.7 Å². The first-order chi connectivity index (χ1) is 8.30. The van der Waals surface area contributed by atoms with Crippen molar-refractivity contribution in [3.8, 4) is 0 Å². The Hall–Kier alpha value is -1.10. The van der Waals surface area contributed by atoms with E-state index in [-0.39, 0.29) is 31.3 Å². The lowest BCUT2D eigenvalue weighted by atomic mass is 10.2. The minimum absolute atomic E-state index is 0.0574. The number of hydrogen-bond acceptors (Lipinski definition) is 4. The molecular weight excluding hydrogens is 234 g/mol. The zero-order valence-electron chi connectivity index (χ0n) is 11.9. The lowest BCUT2D eigenvalue weighted by molar-refractivity contribution is -0.156. The average molecular weight is 259 g/mol. The molecule has 1 amide bonds. The Morgan fingerprint density at radius 1 is 1.17 bits per heavy atom. The minimum atomic E-state index is -0.520. The molecule has 5 heteroatoms. The van der Waals surface area contributed by atoms with Gasteiger partial charge >= 0.3 is 5.97 Å². The molecule has 0 radical (unpaired) electrons. The molecule has 0 atom stereocenters. The van der Waals surface area contributed by atoms with Gasteiger partial charge in [-0.2, -0.15) is 0 Å². The zero-order chi connectivity index (χ0) is 14.2. The lowest BCUT2D eigenvalue weighted by Crippen LogP contribution is -2.34. The van der Waals surface area contributed by atoms with Gasteiger partial charge in [0, 0.05) is 19.5 Å². The van der Waals surface area contributed by atoms with Gasteiger partial charge in [-0.05, 0) is 27.2 Å². The predicted octanol–water partition coefficient (Wildman–Crippen LogP) is 1.34. The number of aliphatic hydroxyl groups is 1. The van der Waals surface area contributed by atoms with Gasteiger partial charge in [-0.15, -0.1) is 0 Å². The molecule has 0 bridgehead atoms. The fraction of sp³-hybridized carbons (Fsp3) is 0.846. The molecule has 0 fully saturated rings. The summed E-state index contributed by atoms with van der Waals surface area (Å²) in [4.78, 5) is 24.8. The van der Waals surface area contributed by atoms with E-state index in [0.29, 0.717) is 13.1 Å². The van der Waals surface area contributed by atoms with Gasteiger partial charge in [0.05, 0.1) is 13.0 Å². The molecule has 106 valence electrons. The largest absolute Gasteiger partial charge is 0.460 e. The van der Waals surface area contributed by atoms with Crippen LogP contribution in [0, 0.1) is 0 Å². The van der Waals surface area contributed by atoms with Crippen molar-refractivity contribution < 1.29 is 19.4 Å². The van der Waals surface area contributed by atoms with Crippen LogP contribution in [-0.2, 0) is 14.3 Å². The Balaban J connectivity index is 4.10. The van der Waals surface area contributed by atoms with Crippen LogP contribution in [0.25, 0.3) is 0 Å². The van der Waals surface area contributed by atoms with Gasteiger partial charge in [-0.3, -0.25) is 9.59 Å². The van der Waals surface area contributed by atoms with Crippen LogP contribution < -0.4 is 0 Å². The molecule has 0 saturated carbocycles. The summed E-state index contributed by atoms with van der Waals surface area (Å²) in [5.74, 6) is -0.479. The molecule has 0 aromatic rings. The molecular formula is C13H25NO4. The molecule has 0 spiro atoms. The number of ether oxygens (including phenoxy) is 1. The van der Waals surface area contributed by atoms with Crippen molar-refractivity contribution in [3.63, 3.8) is 0 Å². The smallest absolute Gasteiger partial charge is 0.306 e. The van der Waals surface area contributed by atoms with E-state index in [1.807, 2.05) is 6.92 Å². The Morgan fingerprint density at radius 3 is 2.22 bits per heavy atom. The molecule has 0 unspecified atom stereocenters. The number of amides is 1. The third kappa shape index (κ3) is 8.06. The Bertz CT molecular complexity index is 265. The third-order valence-corrected chi connectivity index (χ3v) is 2.18. The molecule has 0 heterocycles. The number of hydrogen-bond donors (Lipinski definition) is 1. The molecule has 0 rings (SSSR count). The van der Waals surface area contributed by atoms with Crippen molar-refractivity contribution in [3.05, 3.63) is 0 Å². The van der Waals surface area contributed by atoms with Crippen LogP contribution in [0.5, 0.6) is 0 Å². The molecule has 18 heavy (non-hydrogen) atoms. The maximum atomic E-state index is 11.8. The SMILES string of the molecule is CCCN(CCO)C(=O)CCC(=O)OC(C)(C)C. The Kier molecular flexibility index (Phi) is 7.59. The van der Waals surface area contributed by atoms with Gasteiger partial charge in [0.2, 0.25) is 5.91 Å². The number of nitrogens with zero attached hydrogens (tertiary/aromatic N) is 1. The first-order valence-electron chi connectivity index (χ1n) is 6.40. The fourth-order valence-corrected chi connectivity index (χ4v) is 1.51. The van der Waals surface area contributed by atoms with E-state index in [0.717, 1.165) is 6.42 Å². The second kappa shape index (κ2) is 8.08. The van der Waals surface area contributed by atoms with Crippen molar-refractivity contribution >= 4 is 11.9 Å². The maximum absolute atomic E-state index is 11.8. The van der Waals surface area contributed by atoms with Crippen molar-refractivity contribution in [2.45, 2.75) is 52.6 Å². The van der Waals surface area contributed by atoms with E-state index in [1.54, 1.807) is 25.7 Å². The molecule has 0 aliphatic carbocycles. The molecule has 0 aromatic heterocycles. The predicted molar refractivity (Wildman–Crippen MR) is 69.0 cm³/mol. The molecule has 1 N–H and O–H groups in total. The summed E-state index contributed by atoms with van der Waals surface area (Å²) in [5.41, 5.74) is -0.520. The standard InChI is InChI=1S/C13H25NO4/c1-5-8-14(9-10-15)11(16)6-7-12(17)18-13(2,3)4/h15H,5-10H2,1-4H3. The molecule has 0 aromatic carbocycles. The second-order valence-electron chi connectivity index (χ2n) is 5.19. The summed E-state index contributed by atoms with van der Waals surface area (Å²) in [7, 11) is 0. The Labute approximate surface area is 109 Å². The molecule has 0 aliphatic heterocycles. The third-order valence-electron chi connectivity index (χ3n) is 2.18. The highest BCUT2D eigenvalue weighted by Crippen LogP contribution is 2.10. The van der Waals surface area contributed by atoms with E-state index < -0.39 is 5.60 Å². The molecule has 5 nitrogen and oxygen atoms in total. The number of rotatable bonds is 7. The van der Waals surface area contributed by atoms with E-state index in [4.69, 9.17) is 9.84 Å². The monoisotopic (exact) mass is 259 g/mol. The quantitative estimate of drug-likeness (QED) is 0.701. The molecule has 0 saturated heterocycles. The summed E-state index contributed by atoms with van der Waals surface area (Å²) < 4.78 is 5.13. The zero-order valence-corrected chi connectivity index (χ0v) is 11.9. The van der Waals surface area contributed by atoms with E-state index in [2.05, 4.69) is 0 Å². The van der Waals surface area contributed by atoms with Crippen LogP contribution in [-0.4, -0.2) is 47.2 Å².